The third-order valence-corrected chi connectivity index (χ3v) is 4.52. The van der Waals surface area contributed by atoms with Gasteiger partial charge >= 0.3 is 0 Å². The number of rotatable bonds is 2. The highest BCUT2D eigenvalue weighted by Crippen LogP contribution is 2.42. The van der Waals surface area contributed by atoms with Crippen LogP contribution in [0.25, 0.3) is 22.3 Å². The van der Waals surface area contributed by atoms with E-state index in [4.69, 9.17) is 23.2 Å². The van der Waals surface area contributed by atoms with Gasteiger partial charge in [0.2, 0.25) is 0 Å². The van der Waals surface area contributed by atoms with Crippen molar-refractivity contribution in [2.75, 3.05) is 0 Å². The molecule has 3 aromatic rings. The lowest BCUT2D eigenvalue weighted by molar-refractivity contribution is 0.475. The third kappa shape index (κ3) is 2.72. The first-order chi connectivity index (χ1) is 10.1. The second-order valence-corrected chi connectivity index (χ2v) is 6.09. The van der Waals surface area contributed by atoms with E-state index in [9.17, 15) is 10.2 Å². The maximum Gasteiger partial charge on any atom is 0.117 e. The van der Waals surface area contributed by atoms with E-state index in [1.807, 2.05) is 10.8 Å². The highest BCUT2D eigenvalue weighted by molar-refractivity contribution is 7.08. The Bertz CT molecular complexity index is 746. The van der Waals surface area contributed by atoms with Gasteiger partial charge < -0.3 is 10.2 Å². The van der Waals surface area contributed by atoms with E-state index in [1.54, 1.807) is 24.3 Å². The van der Waals surface area contributed by atoms with Crippen molar-refractivity contribution >= 4 is 34.5 Å². The number of aromatic hydroxyl groups is 2. The molecule has 0 aliphatic heterocycles. The van der Waals surface area contributed by atoms with E-state index in [-0.39, 0.29) is 11.5 Å². The number of hydrogen-bond donors (Lipinski definition) is 2. The summed E-state index contributed by atoms with van der Waals surface area (Å²) in [4.78, 5) is 0. The van der Waals surface area contributed by atoms with Gasteiger partial charge in [0.05, 0.1) is 10.0 Å². The SMILES string of the molecule is Oc1ccc(-c2cscc2-c2ccc(O)cc2Cl)c(Cl)c1. The Morgan fingerprint density at radius 3 is 1.48 bits per heavy atom. The molecule has 2 N–H and O–H groups in total. The van der Waals surface area contributed by atoms with Crippen molar-refractivity contribution in [2.24, 2.45) is 0 Å². The Kier molecular flexibility index (Phi) is 3.81. The average molecular weight is 337 g/mol. The fraction of sp³-hybridized carbons (Fsp3) is 0. The van der Waals surface area contributed by atoms with Crippen molar-refractivity contribution in [3.05, 3.63) is 57.2 Å². The van der Waals surface area contributed by atoms with Gasteiger partial charge in [0.15, 0.2) is 0 Å². The molecule has 0 radical (unpaired) electrons. The van der Waals surface area contributed by atoms with E-state index in [1.165, 1.54) is 23.5 Å². The molecule has 0 unspecified atom stereocenters. The molecule has 5 heteroatoms. The van der Waals surface area contributed by atoms with Crippen LogP contribution in [0.2, 0.25) is 10.0 Å². The van der Waals surface area contributed by atoms with E-state index in [0.29, 0.717) is 10.0 Å². The van der Waals surface area contributed by atoms with Crippen molar-refractivity contribution in [2.45, 2.75) is 0 Å². The van der Waals surface area contributed by atoms with Gasteiger partial charge in [-0.25, -0.2) is 0 Å². The highest BCUT2D eigenvalue weighted by Gasteiger charge is 2.14. The molecule has 0 amide bonds. The minimum atomic E-state index is 0.128. The maximum absolute atomic E-state index is 9.47. The van der Waals surface area contributed by atoms with Gasteiger partial charge in [-0.3, -0.25) is 0 Å². The Labute approximate surface area is 135 Å². The zero-order chi connectivity index (χ0) is 15.0. The molecule has 0 bridgehead atoms. The number of thiophene rings is 1. The van der Waals surface area contributed by atoms with Crippen LogP contribution in [0.5, 0.6) is 11.5 Å². The van der Waals surface area contributed by atoms with Crippen LogP contribution in [0.4, 0.5) is 0 Å². The molecule has 2 nitrogen and oxygen atoms in total. The molecule has 0 spiro atoms. The predicted molar refractivity (Wildman–Crippen MR) is 88.5 cm³/mol. The molecule has 0 fully saturated rings. The van der Waals surface area contributed by atoms with Crippen molar-refractivity contribution in [3.63, 3.8) is 0 Å². The molecule has 1 aromatic heterocycles. The smallest absolute Gasteiger partial charge is 0.117 e. The van der Waals surface area contributed by atoms with Gasteiger partial charge in [0, 0.05) is 22.3 Å². The van der Waals surface area contributed by atoms with Gasteiger partial charge in [-0.05, 0) is 47.2 Å². The van der Waals surface area contributed by atoms with Crippen molar-refractivity contribution in [1.82, 2.24) is 0 Å². The van der Waals surface area contributed by atoms with Crippen LogP contribution in [0, 0.1) is 0 Å². The van der Waals surface area contributed by atoms with E-state index >= 15 is 0 Å². The number of hydrogen-bond acceptors (Lipinski definition) is 3. The number of phenolic OH excluding ortho intramolecular Hbond substituents is 2. The summed E-state index contributed by atoms with van der Waals surface area (Å²) >= 11 is 14.0. The van der Waals surface area contributed by atoms with E-state index < -0.39 is 0 Å². The minimum Gasteiger partial charge on any atom is -0.508 e. The second kappa shape index (κ2) is 5.60. The summed E-state index contributed by atoms with van der Waals surface area (Å²) in [5, 5.41) is 23.8. The molecule has 0 aliphatic rings. The quantitative estimate of drug-likeness (QED) is 0.620. The van der Waals surface area contributed by atoms with Gasteiger partial charge in [-0.1, -0.05) is 23.2 Å². The zero-order valence-corrected chi connectivity index (χ0v) is 13.0. The summed E-state index contributed by atoms with van der Waals surface area (Å²) in [6.45, 7) is 0. The lowest BCUT2D eigenvalue weighted by Crippen LogP contribution is -1.83. The molecule has 0 aliphatic carbocycles. The molecule has 0 saturated heterocycles. The maximum atomic E-state index is 9.47. The Balaban J connectivity index is 2.17. The summed E-state index contributed by atoms with van der Waals surface area (Å²) in [6, 6.07) is 9.77. The summed E-state index contributed by atoms with van der Waals surface area (Å²) in [5.41, 5.74) is 3.54. The lowest BCUT2D eigenvalue weighted by Gasteiger charge is -2.09. The standard InChI is InChI=1S/C16H10Cl2O2S/c17-15-5-9(19)1-3-11(15)13-7-21-8-14(13)12-4-2-10(20)6-16(12)18/h1-8,19-20H. The average Bonchev–Trinajstić information content (AvgIpc) is 2.87. The van der Waals surface area contributed by atoms with Gasteiger partial charge in [-0.15, -0.1) is 0 Å². The highest BCUT2D eigenvalue weighted by atomic mass is 35.5. The molecule has 106 valence electrons. The normalized spacial score (nSPS) is 10.8. The van der Waals surface area contributed by atoms with Crippen LogP contribution >= 0.6 is 34.5 Å². The first-order valence-electron chi connectivity index (χ1n) is 6.10. The van der Waals surface area contributed by atoms with E-state index in [2.05, 4.69) is 0 Å². The van der Waals surface area contributed by atoms with Gasteiger partial charge in [0.1, 0.15) is 11.5 Å². The Morgan fingerprint density at radius 2 is 1.10 bits per heavy atom. The predicted octanol–water partition coefficient (Wildman–Crippen LogP) is 5.80. The van der Waals surface area contributed by atoms with Crippen LogP contribution in [0.3, 0.4) is 0 Å². The fourth-order valence-electron chi connectivity index (χ4n) is 2.16. The summed E-state index contributed by atoms with van der Waals surface area (Å²) in [7, 11) is 0. The molecular formula is C16H10Cl2O2S. The first-order valence-corrected chi connectivity index (χ1v) is 7.80. The largest absolute Gasteiger partial charge is 0.508 e. The molecule has 0 atom stereocenters. The Hall–Kier alpha value is -1.68. The molecule has 3 rings (SSSR count). The topological polar surface area (TPSA) is 40.5 Å². The van der Waals surface area contributed by atoms with Crippen LogP contribution in [0.15, 0.2) is 47.2 Å². The van der Waals surface area contributed by atoms with Crippen LogP contribution in [-0.2, 0) is 0 Å². The van der Waals surface area contributed by atoms with Gasteiger partial charge in [0.25, 0.3) is 0 Å². The summed E-state index contributed by atoms with van der Waals surface area (Å²) in [5.74, 6) is 0.256. The zero-order valence-electron chi connectivity index (χ0n) is 10.7. The van der Waals surface area contributed by atoms with Gasteiger partial charge in [-0.2, -0.15) is 11.3 Å². The first kappa shape index (κ1) is 14.3. The lowest BCUT2D eigenvalue weighted by atomic mass is 9.99. The second-order valence-electron chi connectivity index (χ2n) is 4.53. The van der Waals surface area contributed by atoms with Crippen LogP contribution in [0.1, 0.15) is 0 Å². The molecule has 21 heavy (non-hydrogen) atoms. The van der Waals surface area contributed by atoms with Crippen LogP contribution < -0.4 is 0 Å². The number of benzene rings is 2. The van der Waals surface area contributed by atoms with Crippen molar-refractivity contribution in [3.8, 4) is 33.8 Å². The minimum absolute atomic E-state index is 0.128. The fourth-order valence-corrected chi connectivity index (χ4v) is 3.56. The monoisotopic (exact) mass is 336 g/mol. The van der Waals surface area contributed by atoms with Crippen molar-refractivity contribution < 1.29 is 10.2 Å². The van der Waals surface area contributed by atoms with Crippen molar-refractivity contribution in [1.29, 1.82) is 0 Å². The number of halogens is 2. The summed E-state index contributed by atoms with van der Waals surface area (Å²) < 4.78 is 0. The molecule has 1 heterocycles. The molecule has 0 saturated carbocycles. The summed E-state index contributed by atoms with van der Waals surface area (Å²) in [6.07, 6.45) is 0. The third-order valence-electron chi connectivity index (χ3n) is 3.15. The van der Waals surface area contributed by atoms with Crippen LogP contribution in [-0.4, -0.2) is 10.2 Å². The number of phenols is 2. The molecule has 2 aromatic carbocycles. The van der Waals surface area contributed by atoms with E-state index in [0.717, 1.165) is 22.3 Å². The molecular weight excluding hydrogens is 327 g/mol. The Morgan fingerprint density at radius 1 is 0.667 bits per heavy atom.